The van der Waals surface area contributed by atoms with Crippen molar-refractivity contribution in [1.29, 1.82) is 0 Å². The number of rotatable bonds is 0. The van der Waals surface area contributed by atoms with E-state index in [0.29, 0.717) is 5.41 Å². The fraction of sp³-hybridized carbons (Fsp3) is 0.556. The first-order valence-electron chi connectivity index (χ1n) is 4.13. The number of nitrogens with zero attached hydrogens (tertiary/aromatic N) is 2. The average molecular weight is 220 g/mol. The van der Waals surface area contributed by atoms with Gasteiger partial charge >= 0.3 is 0 Å². The third kappa shape index (κ3) is 7.73. The lowest BCUT2D eigenvalue weighted by atomic mass is 10.0. The molecule has 0 radical (unpaired) electrons. The highest BCUT2D eigenvalue weighted by Gasteiger charge is 1.98. The van der Waals surface area contributed by atoms with Crippen LogP contribution in [0.1, 0.15) is 27.7 Å². The van der Waals surface area contributed by atoms with Gasteiger partial charge in [0.15, 0.2) is 11.6 Å². The molecule has 1 aromatic heterocycles. The molecule has 0 aliphatic heterocycles. The first-order chi connectivity index (χ1) is 6.20. The average Bonchev–Trinajstić information content (AvgIpc) is 1.94. The maximum absolute atomic E-state index is 12.2. The van der Waals surface area contributed by atoms with Gasteiger partial charge in [-0.05, 0) is 17.0 Å². The summed E-state index contributed by atoms with van der Waals surface area (Å²) in [5.74, 6) is -0.880. The minimum absolute atomic E-state index is 0.0473. The number of aromatic nitrogens is 2. The molecule has 2 N–H and O–H groups in total. The van der Waals surface area contributed by atoms with Gasteiger partial charge in [-0.25, -0.2) is 9.37 Å². The molecule has 0 saturated carbocycles. The Kier molecular flexibility index (Phi) is 4.77. The monoisotopic (exact) mass is 219 g/mol. The van der Waals surface area contributed by atoms with E-state index in [1.165, 1.54) is 0 Å². The third-order valence-electron chi connectivity index (χ3n) is 0.742. The lowest BCUT2D eigenvalue weighted by Gasteiger charge is -2.05. The van der Waals surface area contributed by atoms with E-state index < -0.39 is 5.82 Å². The van der Waals surface area contributed by atoms with E-state index in [4.69, 9.17) is 17.3 Å². The molecule has 0 aromatic carbocycles. The number of hydrogen-bond donors (Lipinski definition) is 1. The molecule has 0 amide bonds. The van der Waals surface area contributed by atoms with Crippen molar-refractivity contribution in [2.45, 2.75) is 27.7 Å². The van der Waals surface area contributed by atoms with Crippen LogP contribution in [0.3, 0.4) is 0 Å². The number of halogens is 2. The number of nitrogens with two attached hydrogens (primary N) is 1. The molecule has 1 rings (SSSR count). The van der Waals surface area contributed by atoms with Gasteiger partial charge in [-0.15, -0.1) is 0 Å². The second-order valence-corrected chi connectivity index (χ2v) is 4.71. The maximum atomic E-state index is 12.2. The van der Waals surface area contributed by atoms with Crippen LogP contribution < -0.4 is 5.73 Å². The van der Waals surface area contributed by atoms with Crippen LogP contribution >= 0.6 is 11.6 Å². The lowest BCUT2D eigenvalue weighted by molar-refractivity contribution is 0.469. The molecule has 1 heterocycles. The molecule has 80 valence electrons. The third-order valence-corrected chi connectivity index (χ3v) is 0.924. The number of hydrogen-bond acceptors (Lipinski definition) is 3. The molecule has 0 fully saturated rings. The summed E-state index contributed by atoms with van der Waals surface area (Å²) in [5.41, 5.74) is 5.51. The largest absolute Gasteiger partial charge is 0.381 e. The van der Waals surface area contributed by atoms with Crippen molar-refractivity contribution in [3.8, 4) is 0 Å². The van der Waals surface area contributed by atoms with Crippen molar-refractivity contribution in [3.63, 3.8) is 0 Å². The molecule has 0 atom stereocenters. The first-order valence-corrected chi connectivity index (χ1v) is 4.51. The van der Waals surface area contributed by atoms with Gasteiger partial charge < -0.3 is 5.73 Å². The molecule has 0 aliphatic rings. The molecule has 3 nitrogen and oxygen atoms in total. The highest BCUT2D eigenvalue weighted by Crippen LogP contribution is 2.08. The SMILES string of the molecule is CC(C)(C)C.Nc1nc(Cl)ncc1F. The van der Waals surface area contributed by atoms with E-state index in [2.05, 4.69) is 37.7 Å². The summed E-state index contributed by atoms with van der Waals surface area (Å²) in [4.78, 5) is 6.67. The summed E-state index contributed by atoms with van der Waals surface area (Å²) in [5, 5.41) is -0.0473. The van der Waals surface area contributed by atoms with Gasteiger partial charge in [-0.3, -0.25) is 0 Å². The van der Waals surface area contributed by atoms with Gasteiger partial charge in [0.1, 0.15) is 0 Å². The van der Waals surface area contributed by atoms with E-state index in [9.17, 15) is 4.39 Å². The molecule has 0 bridgehead atoms. The summed E-state index contributed by atoms with van der Waals surface area (Å²) < 4.78 is 12.2. The Labute approximate surface area is 88.5 Å². The molecule has 0 saturated heterocycles. The standard InChI is InChI=1S/C5H12.C4H3ClFN3/c1-5(2,3)4;5-4-8-1-2(6)3(7)9-4/h1-4H3;1H,(H2,7,8,9). The number of nitrogen functional groups attached to an aromatic ring is 1. The topological polar surface area (TPSA) is 51.8 Å². The van der Waals surface area contributed by atoms with Crippen molar-refractivity contribution >= 4 is 17.4 Å². The van der Waals surface area contributed by atoms with Gasteiger partial charge in [-0.2, -0.15) is 4.98 Å². The molecule has 5 heteroatoms. The summed E-state index contributed by atoms with van der Waals surface area (Å²) in [6.07, 6.45) is 0.921. The van der Waals surface area contributed by atoms with E-state index in [-0.39, 0.29) is 11.1 Å². The van der Waals surface area contributed by atoms with E-state index in [0.717, 1.165) is 6.20 Å². The van der Waals surface area contributed by atoms with Crippen LogP contribution in [0, 0.1) is 11.2 Å². The molecular formula is C9H15ClFN3. The zero-order chi connectivity index (χ0) is 11.4. The van der Waals surface area contributed by atoms with Crippen molar-refractivity contribution in [1.82, 2.24) is 9.97 Å². The molecular weight excluding hydrogens is 205 g/mol. The fourth-order valence-electron chi connectivity index (χ4n) is 0.358. The van der Waals surface area contributed by atoms with Crippen LogP contribution in [-0.4, -0.2) is 9.97 Å². The maximum Gasteiger partial charge on any atom is 0.224 e. The number of anilines is 1. The Bertz CT molecular complexity index is 291. The van der Waals surface area contributed by atoms with E-state index in [1.807, 2.05) is 0 Å². The van der Waals surface area contributed by atoms with Crippen LogP contribution in [-0.2, 0) is 0 Å². The summed E-state index contributed by atoms with van der Waals surface area (Å²) in [6, 6.07) is 0. The highest BCUT2D eigenvalue weighted by molar-refractivity contribution is 6.28. The van der Waals surface area contributed by atoms with Crippen LogP contribution in [0.25, 0.3) is 0 Å². The van der Waals surface area contributed by atoms with Crippen LogP contribution in [0.4, 0.5) is 10.2 Å². The summed E-state index contributed by atoms with van der Waals surface area (Å²) in [6.45, 7) is 8.75. The van der Waals surface area contributed by atoms with Gasteiger partial charge in [-0.1, -0.05) is 27.7 Å². The normalized spacial score (nSPS) is 10.4. The van der Waals surface area contributed by atoms with Gasteiger partial charge in [0, 0.05) is 0 Å². The Morgan fingerprint density at radius 2 is 1.79 bits per heavy atom. The minimum Gasteiger partial charge on any atom is -0.381 e. The van der Waals surface area contributed by atoms with Crippen molar-refractivity contribution in [3.05, 3.63) is 17.3 Å². The van der Waals surface area contributed by atoms with Crippen molar-refractivity contribution in [2.24, 2.45) is 5.41 Å². The predicted molar refractivity (Wildman–Crippen MR) is 56.5 cm³/mol. The Balaban J connectivity index is 0.000000292. The van der Waals surface area contributed by atoms with E-state index >= 15 is 0 Å². The summed E-state index contributed by atoms with van der Waals surface area (Å²) >= 11 is 5.25. The Morgan fingerprint density at radius 1 is 1.36 bits per heavy atom. The van der Waals surface area contributed by atoms with Gasteiger partial charge in [0.2, 0.25) is 5.28 Å². The molecule has 14 heavy (non-hydrogen) atoms. The highest BCUT2D eigenvalue weighted by atomic mass is 35.5. The molecule has 0 unspecified atom stereocenters. The van der Waals surface area contributed by atoms with Crippen molar-refractivity contribution < 1.29 is 4.39 Å². The van der Waals surface area contributed by atoms with Crippen LogP contribution in [0.15, 0.2) is 6.20 Å². The quantitative estimate of drug-likeness (QED) is 0.683. The first kappa shape index (κ1) is 13.1. The second kappa shape index (κ2) is 5.10. The second-order valence-electron chi connectivity index (χ2n) is 4.37. The van der Waals surface area contributed by atoms with Gasteiger partial charge in [0.25, 0.3) is 0 Å². The van der Waals surface area contributed by atoms with E-state index in [1.54, 1.807) is 0 Å². The van der Waals surface area contributed by atoms with Crippen LogP contribution in [0.2, 0.25) is 5.28 Å². The van der Waals surface area contributed by atoms with Crippen LogP contribution in [0.5, 0.6) is 0 Å². The fourth-order valence-corrected chi connectivity index (χ4v) is 0.498. The lowest BCUT2D eigenvalue weighted by Crippen LogP contribution is -1.95. The van der Waals surface area contributed by atoms with Gasteiger partial charge in [0.05, 0.1) is 6.20 Å². The summed E-state index contributed by atoms with van der Waals surface area (Å²) in [7, 11) is 0. The zero-order valence-corrected chi connectivity index (χ0v) is 9.56. The predicted octanol–water partition coefficient (Wildman–Crippen LogP) is 2.90. The molecule has 1 aromatic rings. The zero-order valence-electron chi connectivity index (χ0n) is 8.81. The minimum atomic E-state index is -0.653. The Morgan fingerprint density at radius 3 is 2.07 bits per heavy atom. The molecule has 0 spiro atoms. The molecule has 0 aliphatic carbocycles. The smallest absolute Gasteiger partial charge is 0.224 e. The Hall–Kier alpha value is -0.900. The van der Waals surface area contributed by atoms with Crippen molar-refractivity contribution in [2.75, 3.05) is 5.73 Å².